The van der Waals surface area contributed by atoms with Crippen molar-refractivity contribution in [2.24, 2.45) is 0 Å². The van der Waals surface area contributed by atoms with Crippen LogP contribution in [0.5, 0.6) is 5.75 Å². The third-order valence-electron chi connectivity index (χ3n) is 3.87. The topological polar surface area (TPSA) is 55.4 Å². The maximum atomic E-state index is 12.9. The Hall–Kier alpha value is -2.27. The number of rotatable bonds is 3. The van der Waals surface area contributed by atoms with Gasteiger partial charge in [0.2, 0.25) is 10.0 Å². The predicted octanol–water partition coefficient (Wildman–Crippen LogP) is 4.14. The van der Waals surface area contributed by atoms with Crippen molar-refractivity contribution in [2.45, 2.75) is 23.3 Å². The molecule has 0 spiro atoms. The van der Waals surface area contributed by atoms with Crippen LogP contribution < -0.4 is 9.46 Å². The zero-order valence-corrected chi connectivity index (χ0v) is 14.0. The van der Waals surface area contributed by atoms with Crippen LogP contribution in [0.3, 0.4) is 0 Å². The van der Waals surface area contributed by atoms with Gasteiger partial charge >= 0.3 is 12.4 Å². The molecule has 0 fully saturated rings. The predicted molar refractivity (Wildman–Crippen MR) is 81.4 cm³/mol. The minimum Gasteiger partial charge on any atom is -0.491 e. The largest absolute Gasteiger partial charge is 0.491 e. The Kier molecular flexibility index (Phi) is 4.63. The quantitative estimate of drug-likeness (QED) is 0.773. The smallest absolute Gasteiger partial charge is 0.416 e. The maximum Gasteiger partial charge on any atom is 0.416 e. The molecule has 0 aliphatic carbocycles. The summed E-state index contributed by atoms with van der Waals surface area (Å²) in [6.07, 6.45) is -10.3. The van der Waals surface area contributed by atoms with Gasteiger partial charge in [0, 0.05) is 5.56 Å². The Bertz CT molecular complexity index is 937. The zero-order chi connectivity index (χ0) is 20.0. The lowest BCUT2D eigenvalue weighted by atomic mass is 10.1. The van der Waals surface area contributed by atoms with Crippen molar-refractivity contribution in [2.75, 3.05) is 6.61 Å². The molecule has 0 saturated heterocycles. The standard InChI is InChI=1S/C16H11F6NO3S/c17-15(18,19)9-5-10(16(20,21)22)7-11(6-9)27(24,25)23-13-8-26-14-4-2-1-3-12(13)14/h1-7,13,23H,8H2/t13-/m1/s1. The van der Waals surface area contributed by atoms with Gasteiger partial charge in [-0.25, -0.2) is 13.1 Å². The summed E-state index contributed by atoms with van der Waals surface area (Å²) in [6.45, 7) is -0.135. The summed E-state index contributed by atoms with van der Waals surface area (Å²) >= 11 is 0. The second kappa shape index (κ2) is 6.41. The van der Waals surface area contributed by atoms with Crippen LogP contribution >= 0.6 is 0 Å². The number of hydrogen-bond donors (Lipinski definition) is 1. The normalized spacial score (nSPS) is 17.5. The molecule has 0 aromatic heterocycles. The molecule has 1 atom stereocenters. The Morgan fingerprint density at radius 3 is 2.04 bits per heavy atom. The van der Waals surface area contributed by atoms with Crippen molar-refractivity contribution in [3.05, 3.63) is 59.2 Å². The first kappa shape index (κ1) is 19.5. The van der Waals surface area contributed by atoms with E-state index < -0.39 is 44.4 Å². The summed E-state index contributed by atoms with van der Waals surface area (Å²) in [5, 5.41) is 0. The zero-order valence-electron chi connectivity index (χ0n) is 13.2. The SMILES string of the molecule is O=S(=O)(N[C@@H]1COc2ccccc21)c1cc(C(F)(F)F)cc(C(F)(F)F)c1. The molecule has 3 rings (SSSR count). The molecule has 0 saturated carbocycles. The van der Waals surface area contributed by atoms with Gasteiger partial charge in [0.1, 0.15) is 12.4 Å². The van der Waals surface area contributed by atoms with Crippen molar-refractivity contribution in [3.8, 4) is 5.75 Å². The summed E-state index contributed by atoms with van der Waals surface area (Å²) < 4.78 is 110. The van der Waals surface area contributed by atoms with Crippen LogP contribution in [0, 0.1) is 0 Å². The molecule has 2 aromatic carbocycles. The number of sulfonamides is 1. The first-order chi connectivity index (χ1) is 12.4. The number of halogens is 6. The lowest BCUT2D eigenvalue weighted by Crippen LogP contribution is -2.30. The highest BCUT2D eigenvalue weighted by molar-refractivity contribution is 7.89. The van der Waals surface area contributed by atoms with Gasteiger partial charge in [-0.15, -0.1) is 0 Å². The highest BCUT2D eigenvalue weighted by Crippen LogP contribution is 2.38. The van der Waals surface area contributed by atoms with Gasteiger partial charge in [0.25, 0.3) is 0 Å². The fraction of sp³-hybridized carbons (Fsp3) is 0.250. The van der Waals surface area contributed by atoms with Crippen LogP contribution in [-0.2, 0) is 22.4 Å². The van der Waals surface area contributed by atoms with E-state index in [0.717, 1.165) is 0 Å². The molecule has 1 aliphatic heterocycles. The Labute approximate surface area is 149 Å². The second-order valence-electron chi connectivity index (χ2n) is 5.76. The highest BCUT2D eigenvalue weighted by Gasteiger charge is 2.39. The minimum absolute atomic E-state index is 0.132. The maximum absolute atomic E-state index is 12.9. The molecule has 0 bridgehead atoms. The van der Waals surface area contributed by atoms with Gasteiger partial charge in [0.05, 0.1) is 22.1 Å². The fourth-order valence-corrected chi connectivity index (χ4v) is 3.87. The lowest BCUT2D eigenvalue weighted by Gasteiger charge is -2.16. The van der Waals surface area contributed by atoms with Crippen molar-refractivity contribution in [3.63, 3.8) is 0 Å². The molecule has 11 heteroatoms. The van der Waals surface area contributed by atoms with E-state index in [0.29, 0.717) is 11.3 Å². The van der Waals surface area contributed by atoms with E-state index in [1.165, 1.54) is 0 Å². The number of hydrogen-bond acceptors (Lipinski definition) is 3. The number of para-hydroxylation sites is 1. The van der Waals surface area contributed by atoms with Gasteiger partial charge in [-0.3, -0.25) is 0 Å². The molecule has 27 heavy (non-hydrogen) atoms. The second-order valence-corrected chi connectivity index (χ2v) is 7.48. The number of alkyl halides is 6. The van der Waals surface area contributed by atoms with Crippen LogP contribution in [-0.4, -0.2) is 15.0 Å². The van der Waals surface area contributed by atoms with E-state index in [4.69, 9.17) is 4.74 Å². The molecule has 1 aliphatic rings. The number of nitrogens with one attached hydrogen (secondary N) is 1. The van der Waals surface area contributed by atoms with Gasteiger partial charge in [-0.2, -0.15) is 26.3 Å². The van der Waals surface area contributed by atoms with E-state index in [1.54, 1.807) is 24.3 Å². The average molecular weight is 411 g/mol. The Morgan fingerprint density at radius 2 is 1.48 bits per heavy atom. The molecule has 0 unspecified atom stereocenters. The summed E-state index contributed by atoms with van der Waals surface area (Å²) in [5.41, 5.74) is -2.98. The van der Waals surface area contributed by atoms with Crippen LogP contribution in [0.2, 0.25) is 0 Å². The fourth-order valence-electron chi connectivity index (χ4n) is 2.60. The molecule has 4 nitrogen and oxygen atoms in total. The molecule has 0 amide bonds. The van der Waals surface area contributed by atoms with Gasteiger partial charge in [-0.1, -0.05) is 18.2 Å². The van der Waals surface area contributed by atoms with E-state index in [-0.39, 0.29) is 24.8 Å². The Balaban J connectivity index is 2.02. The van der Waals surface area contributed by atoms with Crippen molar-refractivity contribution < 1.29 is 39.5 Å². The van der Waals surface area contributed by atoms with E-state index in [2.05, 4.69) is 4.72 Å². The summed E-state index contributed by atoms with van der Waals surface area (Å²) in [5.74, 6) is 0.380. The van der Waals surface area contributed by atoms with Crippen LogP contribution in [0.1, 0.15) is 22.7 Å². The molecular weight excluding hydrogens is 400 g/mol. The monoisotopic (exact) mass is 411 g/mol. The molecular formula is C16H11F6NO3S. The molecule has 1 N–H and O–H groups in total. The molecule has 146 valence electrons. The summed E-state index contributed by atoms with van der Waals surface area (Å²) in [6, 6.07) is 5.61. The highest BCUT2D eigenvalue weighted by atomic mass is 32.2. The number of fused-ring (bicyclic) bond motifs is 1. The van der Waals surface area contributed by atoms with Gasteiger partial charge in [-0.05, 0) is 24.3 Å². The van der Waals surface area contributed by atoms with E-state index in [1.807, 2.05) is 0 Å². The van der Waals surface area contributed by atoms with Gasteiger partial charge < -0.3 is 4.74 Å². The first-order valence-corrected chi connectivity index (χ1v) is 8.90. The van der Waals surface area contributed by atoms with Crippen molar-refractivity contribution in [1.29, 1.82) is 0 Å². The number of benzene rings is 2. The van der Waals surface area contributed by atoms with E-state index in [9.17, 15) is 34.8 Å². The van der Waals surface area contributed by atoms with Crippen LogP contribution in [0.15, 0.2) is 47.4 Å². The number of ether oxygens (including phenoxy) is 1. The third kappa shape index (κ3) is 4.03. The van der Waals surface area contributed by atoms with Gasteiger partial charge in [0.15, 0.2) is 0 Å². The van der Waals surface area contributed by atoms with Crippen molar-refractivity contribution in [1.82, 2.24) is 4.72 Å². The van der Waals surface area contributed by atoms with E-state index >= 15 is 0 Å². The third-order valence-corrected chi connectivity index (χ3v) is 5.32. The minimum atomic E-state index is -5.14. The molecule has 2 aromatic rings. The Morgan fingerprint density at radius 1 is 0.926 bits per heavy atom. The average Bonchev–Trinajstić information content (AvgIpc) is 2.95. The molecule has 1 heterocycles. The van der Waals surface area contributed by atoms with Crippen LogP contribution in [0.4, 0.5) is 26.3 Å². The summed E-state index contributed by atoms with van der Waals surface area (Å²) in [4.78, 5) is -1.13. The van der Waals surface area contributed by atoms with Crippen molar-refractivity contribution >= 4 is 10.0 Å². The lowest BCUT2D eigenvalue weighted by molar-refractivity contribution is -0.143. The molecule has 0 radical (unpaired) electrons. The summed E-state index contributed by atoms with van der Waals surface area (Å²) in [7, 11) is -4.68. The first-order valence-electron chi connectivity index (χ1n) is 7.41. The van der Waals surface area contributed by atoms with Crippen LogP contribution in [0.25, 0.3) is 0 Å².